The smallest absolute Gasteiger partial charge is 0.325 e. The summed E-state index contributed by atoms with van der Waals surface area (Å²) < 4.78 is 38.2. The lowest BCUT2D eigenvalue weighted by molar-refractivity contribution is -0.137. The second-order valence-electron chi connectivity index (χ2n) is 5.17. The summed E-state index contributed by atoms with van der Waals surface area (Å²) in [5, 5.41) is 5.18. The highest BCUT2D eigenvalue weighted by Crippen LogP contribution is 2.29. The quantitative estimate of drug-likeness (QED) is 0.671. The maximum atomic E-state index is 12.5. The first-order chi connectivity index (χ1) is 12.2. The van der Waals surface area contributed by atoms with Crippen molar-refractivity contribution in [3.8, 4) is 0 Å². The molecule has 0 aliphatic heterocycles. The van der Waals surface area contributed by atoms with E-state index in [1.807, 2.05) is 6.07 Å². The summed E-state index contributed by atoms with van der Waals surface area (Å²) in [6, 6.07) is 11.3. The zero-order valence-electron chi connectivity index (χ0n) is 13.3. The molecule has 0 aliphatic carbocycles. The third-order valence-electron chi connectivity index (χ3n) is 3.07. The number of halogens is 4. The zero-order chi connectivity index (χ0) is 19.2. The molecule has 0 heterocycles. The Labute approximate surface area is 160 Å². The highest BCUT2D eigenvalue weighted by molar-refractivity contribution is 9.10. The summed E-state index contributed by atoms with van der Waals surface area (Å²) in [6.07, 6.45) is -4.42. The molecule has 0 saturated heterocycles. The normalized spacial score (nSPS) is 11.1. The topological polar surface area (TPSA) is 58.2 Å². The number of carbonyl (C=O) groups is 2. The lowest BCUT2D eigenvalue weighted by atomic mass is 10.2. The summed E-state index contributed by atoms with van der Waals surface area (Å²) in [4.78, 5) is 23.6. The fourth-order valence-corrected chi connectivity index (χ4v) is 2.96. The van der Waals surface area contributed by atoms with Crippen LogP contribution in [0.5, 0.6) is 0 Å². The summed E-state index contributed by atoms with van der Waals surface area (Å²) in [5.41, 5.74) is 0.121. The van der Waals surface area contributed by atoms with E-state index in [4.69, 9.17) is 0 Å². The maximum absolute atomic E-state index is 12.5. The van der Waals surface area contributed by atoms with Crippen molar-refractivity contribution >= 4 is 50.9 Å². The molecule has 0 bridgehead atoms. The standard InChI is InChI=1S/C17H14BrF3N2O2S/c18-12-2-1-3-14(8-12)23-16(25)10-26-9-15(24)22-13-6-4-11(5-7-13)17(19,20)21/h1-8H,9-10H2,(H,22,24)(H,23,25). The van der Waals surface area contributed by atoms with E-state index in [0.717, 1.165) is 28.4 Å². The number of alkyl halides is 3. The average molecular weight is 447 g/mol. The van der Waals surface area contributed by atoms with Crippen molar-refractivity contribution in [2.24, 2.45) is 0 Å². The molecule has 0 saturated carbocycles. The lowest BCUT2D eigenvalue weighted by Crippen LogP contribution is -2.18. The largest absolute Gasteiger partial charge is 0.416 e. The molecule has 2 N–H and O–H groups in total. The molecule has 26 heavy (non-hydrogen) atoms. The van der Waals surface area contributed by atoms with Crippen molar-refractivity contribution in [2.45, 2.75) is 6.18 Å². The van der Waals surface area contributed by atoms with Crippen LogP contribution in [0.4, 0.5) is 24.5 Å². The van der Waals surface area contributed by atoms with Crippen LogP contribution >= 0.6 is 27.7 Å². The lowest BCUT2D eigenvalue weighted by Gasteiger charge is -2.09. The Morgan fingerprint density at radius 3 is 2.04 bits per heavy atom. The van der Waals surface area contributed by atoms with Gasteiger partial charge in [0.1, 0.15) is 0 Å². The zero-order valence-corrected chi connectivity index (χ0v) is 15.7. The third-order valence-corrected chi connectivity index (χ3v) is 4.50. The van der Waals surface area contributed by atoms with Crippen LogP contribution in [0.25, 0.3) is 0 Å². The molecule has 4 nitrogen and oxygen atoms in total. The molecule has 2 rings (SSSR count). The maximum Gasteiger partial charge on any atom is 0.416 e. The SMILES string of the molecule is O=C(CSCC(=O)Nc1cccc(Br)c1)Nc1ccc(C(F)(F)F)cc1. The molecule has 0 aromatic heterocycles. The van der Waals surface area contributed by atoms with E-state index in [-0.39, 0.29) is 23.1 Å². The Hall–Kier alpha value is -2.00. The number of amides is 2. The van der Waals surface area contributed by atoms with Gasteiger partial charge < -0.3 is 10.6 Å². The Kier molecular flexibility index (Phi) is 7.10. The van der Waals surface area contributed by atoms with Gasteiger partial charge in [-0.15, -0.1) is 11.8 Å². The average Bonchev–Trinajstić information content (AvgIpc) is 2.54. The van der Waals surface area contributed by atoms with Crippen LogP contribution in [-0.4, -0.2) is 23.3 Å². The van der Waals surface area contributed by atoms with Gasteiger partial charge in [0.05, 0.1) is 17.1 Å². The van der Waals surface area contributed by atoms with Gasteiger partial charge in [-0.2, -0.15) is 13.2 Å². The summed E-state index contributed by atoms with van der Waals surface area (Å²) >= 11 is 4.40. The van der Waals surface area contributed by atoms with Crippen molar-refractivity contribution in [3.63, 3.8) is 0 Å². The predicted molar refractivity (Wildman–Crippen MR) is 100 cm³/mol. The molecule has 0 aliphatic rings. The Bertz CT molecular complexity index is 782. The molecule has 2 aromatic carbocycles. The van der Waals surface area contributed by atoms with Gasteiger partial charge in [0.15, 0.2) is 0 Å². The van der Waals surface area contributed by atoms with E-state index < -0.39 is 17.6 Å². The number of rotatable bonds is 6. The number of hydrogen-bond acceptors (Lipinski definition) is 3. The van der Waals surface area contributed by atoms with Gasteiger partial charge >= 0.3 is 6.18 Å². The summed E-state index contributed by atoms with van der Waals surface area (Å²) in [7, 11) is 0. The van der Waals surface area contributed by atoms with Crippen LogP contribution in [0.2, 0.25) is 0 Å². The van der Waals surface area contributed by atoms with Crippen LogP contribution in [0.1, 0.15) is 5.56 Å². The first kappa shape index (κ1) is 20.3. The fourth-order valence-electron chi connectivity index (χ4n) is 1.94. The van der Waals surface area contributed by atoms with Crippen molar-refractivity contribution in [1.29, 1.82) is 0 Å². The minimum atomic E-state index is -4.42. The van der Waals surface area contributed by atoms with Gasteiger partial charge in [0.25, 0.3) is 0 Å². The monoisotopic (exact) mass is 446 g/mol. The van der Waals surface area contributed by atoms with Gasteiger partial charge in [-0.3, -0.25) is 9.59 Å². The minimum Gasteiger partial charge on any atom is -0.325 e. The second kappa shape index (κ2) is 9.09. The predicted octanol–water partition coefficient (Wildman–Crippen LogP) is 4.78. The number of benzene rings is 2. The summed E-state index contributed by atoms with van der Waals surface area (Å²) in [5.74, 6) is -0.569. The molecule has 138 valence electrons. The molecule has 2 amide bonds. The molecule has 0 fully saturated rings. The summed E-state index contributed by atoms with van der Waals surface area (Å²) in [6.45, 7) is 0. The molecule has 0 radical (unpaired) electrons. The number of anilines is 2. The van der Waals surface area contributed by atoms with Gasteiger partial charge in [0.2, 0.25) is 11.8 Å². The van der Waals surface area contributed by atoms with Crippen molar-refractivity contribution in [3.05, 3.63) is 58.6 Å². The van der Waals surface area contributed by atoms with Crippen LogP contribution in [0, 0.1) is 0 Å². The van der Waals surface area contributed by atoms with E-state index in [0.29, 0.717) is 5.69 Å². The molecule has 0 unspecified atom stereocenters. The van der Waals surface area contributed by atoms with Crippen LogP contribution in [-0.2, 0) is 15.8 Å². The molecule has 0 atom stereocenters. The Morgan fingerprint density at radius 1 is 0.923 bits per heavy atom. The number of nitrogens with one attached hydrogen (secondary N) is 2. The fraction of sp³-hybridized carbons (Fsp3) is 0.176. The third kappa shape index (κ3) is 6.72. The number of hydrogen-bond donors (Lipinski definition) is 2. The van der Waals surface area contributed by atoms with E-state index >= 15 is 0 Å². The molecule has 9 heteroatoms. The van der Waals surface area contributed by atoms with Crippen molar-refractivity contribution in [1.82, 2.24) is 0 Å². The minimum absolute atomic E-state index is 0.00687. The van der Waals surface area contributed by atoms with Crippen LogP contribution in [0.3, 0.4) is 0 Å². The van der Waals surface area contributed by atoms with E-state index in [9.17, 15) is 22.8 Å². The van der Waals surface area contributed by atoms with Crippen LogP contribution < -0.4 is 10.6 Å². The first-order valence-corrected chi connectivity index (χ1v) is 9.29. The van der Waals surface area contributed by atoms with E-state index in [1.165, 1.54) is 12.1 Å². The highest BCUT2D eigenvalue weighted by atomic mass is 79.9. The molecular weight excluding hydrogens is 433 g/mol. The van der Waals surface area contributed by atoms with Gasteiger partial charge in [-0.1, -0.05) is 22.0 Å². The Balaban J connectivity index is 1.74. The van der Waals surface area contributed by atoms with E-state index in [1.54, 1.807) is 18.2 Å². The number of carbonyl (C=O) groups excluding carboxylic acids is 2. The van der Waals surface area contributed by atoms with E-state index in [2.05, 4.69) is 26.6 Å². The molecule has 2 aromatic rings. The number of thioether (sulfide) groups is 1. The molecular formula is C17H14BrF3N2O2S. The first-order valence-electron chi connectivity index (χ1n) is 7.34. The van der Waals surface area contributed by atoms with Gasteiger partial charge in [-0.25, -0.2) is 0 Å². The van der Waals surface area contributed by atoms with Crippen molar-refractivity contribution in [2.75, 3.05) is 22.1 Å². The van der Waals surface area contributed by atoms with Gasteiger partial charge in [0, 0.05) is 15.8 Å². The Morgan fingerprint density at radius 2 is 1.50 bits per heavy atom. The van der Waals surface area contributed by atoms with Crippen LogP contribution in [0.15, 0.2) is 53.0 Å². The van der Waals surface area contributed by atoms with Gasteiger partial charge in [-0.05, 0) is 42.5 Å². The highest BCUT2D eigenvalue weighted by Gasteiger charge is 2.29. The molecule has 0 spiro atoms. The second-order valence-corrected chi connectivity index (χ2v) is 7.08. The van der Waals surface area contributed by atoms with Crippen molar-refractivity contribution < 1.29 is 22.8 Å².